The lowest BCUT2D eigenvalue weighted by molar-refractivity contribution is 0.0527. The molecule has 152 valence electrons. The first-order chi connectivity index (χ1) is 13.8. The molecule has 0 aromatic carbocycles. The number of thiophene rings is 1. The normalized spacial score (nSPS) is 13.7. The van der Waals surface area contributed by atoms with Crippen molar-refractivity contribution in [1.82, 2.24) is 14.8 Å². The van der Waals surface area contributed by atoms with Crippen LogP contribution in [0.3, 0.4) is 0 Å². The lowest BCUT2D eigenvalue weighted by atomic mass is 10.1. The second-order valence-corrected chi connectivity index (χ2v) is 8.66. The number of carbonyl (C=O) groups is 2. The maximum atomic E-state index is 13.3. The molecule has 1 aliphatic carbocycles. The highest BCUT2D eigenvalue weighted by molar-refractivity contribution is 7.16. The zero-order valence-corrected chi connectivity index (χ0v) is 18.1. The Kier molecular flexibility index (Phi) is 4.90. The maximum absolute atomic E-state index is 13.3. The predicted molar refractivity (Wildman–Crippen MR) is 113 cm³/mol. The molecule has 3 heterocycles. The summed E-state index contributed by atoms with van der Waals surface area (Å²) >= 11 is 1.39. The molecule has 0 spiro atoms. The Balaban J connectivity index is 1.78. The maximum Gasteiger partial charge on any atom is 0.341 e. The van der Waals surface area contributed by atoms with E-state index >= 15 is 0 Å². The van der Waals surface area contributed by atoms with Crippen LogP contribution < -0.4 is 5.32 Å². The van der Waals surface area contributed by atoms with Crippen molar-refractivity contribution < 1.29 is 14.3 Å². The van der Waals surface area contributed by atoms with E-state index in [0.29, 0.717) is 27.7 Å². The van der Waals surface area contributed by atoms with Crippen molar-refractivity contribution >= 4 is 39.2 Å². The van der Waals surface area contributed by atoms with Crippen LogP contribution in [0.4, 0.5) is 5.00 Å². The number of anilines is 1. The molecule has 0 radical (unpaired) electrons. The number of rotatable bonds is 5. The highest BCUT2D eigenvalue weighted by Gasteiger charge is 2.29. The Hall–Kier alpha value is -2.74. The van der Waals surface area contributed by atoms with Crippen molar-refractivity contribution in [2.45, 2.75) is 46.5 Å². The molecule has 0 unspecified atom stereocenters. The zero-order valence-electron chi connectivity index (χ0n) is 17.3. The van der Waals surface area contributed by atoms with Crippen LogP contribution in [0, 0.1) is 20.8 Å². The number of ether oxygens (including phenoxy) is 1. The molecule has 1 fully saturated rings. The first-order valence-electron chi connectivity index (χ1n) is 9.74. The molecule has 3 aromatic heterocycles. The van der Waals surface area contributed by atoms with Gasteiger partial charge in [-0.25, -0.2) is 9.78 Å². The summed E-state index contributed by atoms with van der Waals surface area (Å²) in [7, 11) is 1.84. The molecule has 29 heavy (non-hydrogen) atoms. The van der Waals surface area contributed by atoms with Gasteiger partial charge < -0.3 is 10.1 Å². The van der Waals surface area contributed by atoms with Crippen LogP contribution in [-0.2, 0) is 11.8 Å². The summed E-state index contributed by atoms with van der Waals surface area (Å²) in [6.45, 7) is 7.73. The third kappa shape index (κ3) is 3.42. The Morgan fingerprint density at radius 2 is 2.03 bits per heavy atom. The van der Waals surface area contributed by atoms with Gasteiger partial charge in [0.25, 0.3) is 5.91 Å². The standard InChI is InChI=1S/C21H24N4O3S/c1-6-28-21(27)16-10(2)12(4)29-20(16)23-19(26)14-9-15(13-7-8-13)22-18-17(14)11(3)24-25(18)5/h9,13H,6-8H2,1-5H3,(H,23,26). The van der Waals surface area contributed by atoms with Crippen LogP contribution in [0.2, 0.25) is 0 Å². The topological polar surface area (TPSA) is 86.1 Å². The van der Waals surface area contributed by atoms with Gasteiger partial charge in [-0.05, 0) is 52.2 Å². The molecule has 1 N–H and O–H groups in total. The van der Waals surface area contributed by atoms with Crippen LogP contribution in [-0.4, -0.2) is 33.2 Å². The summed E-state index contributed by atoms with van der Waals surface area (Å²) in [4.78, 5) is 31.5. The van der Waals surface area contributed by atoms with Crippen LogP contribution in [0.1, 0.15) is 68.2 Å². The Bertz CT molecular complexity index is 1140. The molecule has 3 aromatic rings. The zero-order chi connectivity index (χ0) is 20.9. The van der Waals surface area contributed by atoms with Crippen molar-refractivity contribution in [2.24, 2.45) is 7.05 Å². The van der Waals surface area contributed by atoms with E-state index in [1.54, 1.807) is 11.6 Å². The van der Waals surface area contributed by atoms with Gasteiger partial charge in [0.1, 0.15) is 5.00 Å². The fourth-order valence-electron chi connectivity index (χ4n) is 3.57. The summed E-state index contributed by atoms with van der Waals surface area (Å²) in [6.07, 6.45) is 2.18. The second-order valence-electron chi connectivity index (χ2n) is 7.44. The SMILES string of the molecule is CCOC(=O)c1c(NC(=O)c2cc(C3CC3)nc3c2c(C)nn3C)sc(C)c1C. The average molecular weight is 413 g/mol. The Morgan fingerprint density at radius 3 is 2.69 bits per heavy atom. The first-order valence-corrected chi connectivity index (χ1v) is 10.6. The van der Waals surface area contributed by atoms with Crippen molar-refractivity contribution in [3.05, 3.63) is 39.0 Å². The molecule has 1 saturated carbocycles. The van der Waals surface area contributed by atoms with Crippen LogP contribution in [0.5, 0.6) is 0 Å². The Morgan fingerprint density at radius 1 is 1.31 bits per heavy atom. The summed E-state index contributed by atoms with van der Waals surface area (Å²) in [6, 6.07) is 1.88. The van der Waals surface area contributed by atoms with Gasteiger partial charge in [-0.3, -0.25) is 9.48 Å². The predicted octanol–water partition coefficient (Wildman–Crippen LogP) is 4.26. The van der Waals surface area contributed by atoms with Crippen molar-refractivity contribution in [2.75, 3.05) is 11.9 Å². The molecule has 0 aliphatic heterocycles. The van der Waals surface area contributed by atoms with Gasteiger partial charge in [0.15, 0.2) is 5.65 Å². The lowest BCUT2D eigenvalue weighted by Crippen LogP contribution is -2.16. The third-order valence-electron chi connectivity index (χ3n) is 5.32. The number of carbonyl (C=O) groups excluding carboxylic acids is 2. The molecule has 0 atom stereocenters. The van der Waals surface area contributed by atoms with Gasteiger partial charge in [-0.15, -0.1) is 11.3 Å². The second kappa shape index (κ2) is 7.26. The lowest BCUT2D eigenvalue weighted by Gasteiger charge is -2.10. The molecular formula is C21H24N4O3S. The summed E-state index contributed by atoms with van der Waals surface area (Å²) in [5, 5.41) is 8.67. The fraction of sp³-hybridized carbons (Fsp3) is 0.429. The minimum atomic E-state index is -0.416. The van der Waals surface area contributed by atoms with E-state index in [0.717, 1.165) is 40.1 Å². The number of nitrogens with zero attached hydrogens (tertiary/aromatic N) is 3. The highest BCUT2D eigenvalue weighted by Crippen LogP contribution is 2.41. The molecule has 1 aliphatic rings. The van der Waals surface area contributed by atoms with Crippen molar-refractivity contribution in [3.63, 3.8) is 0 Å². The number of aromatic nitrogens is 3. The van der Waals surface area contributed by atoms with E-state index in [9.17, 15) is 9.59 Å². The molecule has 1 amide bonds. The minimum Gasteiger partial charge on any atom is -0.462 e. The van der Waals surface area contributed by atoms with Gasteiger partial charge in [-0.1, -0.05) is 0 Å². The largest absolute Gasteiger partial charge is 0.462 e. The minimum absolute atomic E-state index is 0.262. The van der Waals surface area contributed by atoms with Crippen molar-refractivity contribution in [1.29, 1.82) is 0 Å². The molecule has 8 heteroatoms. The van der Waals surface area contributed by atoms with E-state index in [1.807, 2.05) is 33.9 Å². The molecule has 4 rings (SSSR count). The number of nitrogens with one attached hydrogen (secondary N) is 1. The van der Waals surface area contributed by atoms with Gasteiger partial charge in [0, 0.05) is 23.5 Å². The number of esters is 1. The molecular weight excluding hydrogens is 388 g/mol. The van der Waals surface area contributed by atoms with E-state index in [1.165, 1.54) is 11.3 Å². The number of hydrogen-bond acceptors (Lipinski definition) is 6. The van der Waals surface area contributed by atoms with Crippen molar-refractivity contribution in [3.8, 4) is 0 Å². The fourth-order valence-corrected chi connectivity index (χ4v) is 4.61. The van der Waals surface area contributed by atoms with E-state index in [2.05, 4.69) is 10.4 Å². The van der Waals surface area contributed by atoms with E-state index in [4.69, 9.17) is 9.72 Å². The Labute approximate surface area is 173 Å². The van der Waals surface area contributed by atoms with Crippen LogP contribution >= 0.6 is 11.3 Å². The van der Waals surface area contributed by atoms with Crippen LogP contribution in [0.15, 0.2) is 6.07 Å². The molecule has 0 saturated heterocycles. The monoisotopic (exact) mass is 412 g/mol. The quantitative estimate of drug-likeness (QED) is 0.633. The molecule has 7 nitrogen and oxygen atoms in total. The van der Waals surface area contributed by atoms with Crippen LogP contribution in [0.25, 0.3) is 11.0 Å². The van der Waals surface area contributed by atoms with E-state index < -0.39 is 5.97 Å². The smallest absolute Gasteiger partial charge is 0.341 e. The number of fused-ring (bicyclic) bond motifs is 1. The number of aryl methyl sites for hydroxylation is 3. The first kappa shape index (κ1) is 19.6. The summed E-state index contributed by atoms with van der Waals surface area (Å²) < 4.78 is 6.91. The van der Waals surface area contributed by atoms with Gasteiger partial charge in [0.05, 0.1) is 28.8 Å². The van der Waals surface area contributed by atoms with Gasteiger partial charge in [0.2, 0.25) is 0 Å². The highest BCUT2D eigenvalue weighted by atomic mass is 32.1. The average Bonchev–Trinajstić information content (AvgIpc) is 3.42. The number of pyridine rings is 1. The summed E-state index contributed by atoms with van der Waals surface area (Å²) in [5.74, 6) is -0.273. The van der Waals surface area contributed by atoms with Gasteiger partial charge in [-0.2, -0.15) is 5.10 Å². The number of amides is 1. The van der Waals surface area contributed by atoms with Gasteiger partial charge >= 0.3 is 5.97 Å². The number of hydrogen-bond donors (Lipinski definition) is 1. The molecule has 0 bridgehead atoms. The third-order valence-corrected chi connectivity index (χ3v) is 6.44. The van der Waals surface area contributed by atoms with E-state index in [-0.39, 0.29) is 12.5 Å². The summed E-state index contributed by atoms with van der Waals surface area (Å²) in [5.41, 5.74) is 4.20.